The summed E-state index contributed by atoms with van der Waals surface area (Å²) >= 11 is 0. The molecule has 8 saturated carbocycles. The van der Waals surface area contributed by atoms with Crippen molar-refractivity contribution in [1.82, 2.24) is 9.97 Å². The van der Waals surface area contributed by atoms with Crippen LogP contribution in [0.1, 0.15) is 77.0 Å². The van der Waals surface area contributed by atoms with E-state index in [4.69, 9.17) is 0 Å². The Bertz CT molecular complexity index is 1000. The van der Waals surface area contributed by atoms with Gasteiger partial charge in [-0.2, -0.15) is 4.98 Å². The van der Waals surface area contributed by atoms with Gasteiger partial charge >= 0.3 is 5.69 Å². The molecule has 9 heteroatoms. The average Bonchev–Trinajstić information content (AvgIpc) is 2.63. The Morgan fingerprint density at radius 1 is 0.848 bits per heavy atom. The molecule has 0 saturated heterocycles. The number of hydrogen-bond acceptors (Lipinski definition) is 8. The van der Waals surface area contributed by atoms with Crippen LogP contribution in [0.25, 0.3) is 0 Å². The Balaban J connectivity index is 1.20. The fraction of sp³-hybridized carbons (Fsp3) is 0.833. The van der Waals surface area contributed by atoms with E-state index in [1.165, 1.54) is 12.6 Å². The van der Waals surface area contributed by atoms with Crippen LogP contribution in [0.5, 0.6) is 0 Å². The second-order valence-electron chi connectivity index (χ2n) is 12.9. The molecule has 0 aromatic carbocycles. The number of nitrogens with one attached hydrogen (secondary N) is 2. The summed E-state index contributed by atoms with van der Waals surface area (Å²) in [5.41, 5.74) is -1.96. The zero-order valence-electron chi connectivity index (χ0n) is 18.9. The minimum atomic E-state index is -0.658. The maximum absolute atomic E-state index is 11.8. The monoisotopic (exact) mass is 455 g/mol. The highest BCUT2D eigenvalue weighted by Crippen LogP contribution is 2.60. The molecule has 8 aliphatic carbocycles. The van der Waals surface area contributed by atoms with E-state index in [9.17, 15) is 20.3 Å². The van der Waals surface area contributed by atoms with Gasteiger partial charge in [-0.05, 0) is 101 Å². The van der Waals surface area contributed by atoms with Crippen molar-refractivity contribution in [1.29, 1.82) is 0 Å². The lowest BCUT2D eigenvalue weighted by Gasteiger charge is -2.60. The lowest BCUT2D eigenvalue weighted by Crippen LogP contribution is -2.62. The van der Waals surface area contributed by atoms with Crippen molar-refractivity contribution >= 4 is 17.5 Å². The van der Waals surface area contributed by atoms with E-state index in [1.54, 1.807) is 0 Å². The number of nitro groups is 1. The topological polar surface area (TPSA) is 133 Å². The molecule has 4 unspecified atom stereocenters. The molecule has 33 heavy (non-hydrogen) atoms. The number of nitrogens with zero attached hydrogens (tertiary/aromatic N) is 3. The fourth-order valence-corrected chi connectivity index (χ4v) is 9.87. The number of aliphatic hydroxyl groups is 2. The van der Waals surface area contributed by atoms with Crippen molar-refractivity contribution in [2.24, 2.45) is 23.7 Å². The molecule has 1 heterocycles. The third-order valence-electron chi connectivity index (χ3n) is 9.79. The Morgan fingerprint density at radius 2 is 1.33 bits per heavy atom. The third kappa shape index (κ3) is 3.26. The number of hydrogen-bond donors (Lipinski definition) is 4. The highest BCUT2D eigenvalue weighted by molar-refractivity contribution is 5.59. The molecule has 0 radical (unpaired) electrons. The summed E-state index contributed by atoms with van der Waals surface area (Å²) in [5, 5.41) is 41.0. The van der Waals surface area contributed by atoms with E-state index in [1.807, 2.05) is 0 Å². The predicted molar refractivity (Wildman–Crippen MR) is 121 cm³/mol. The molecular weight excluding hydrogens is 422 g/mol. The smallest absolute Gasteiger partial charge is 0.329 e. The molecule has 1 aromatic heterocycles. The van der Waals surface area contributed by atoms with Crippen LogP contribution in [0.4, 0.5) is 17.5 Å². The second-order valence-corrected chi connectivity index (χ2v) is 12.9. The largest absolute Gasteiger partial charge is 0.390 e. The molecule has 8 bridgehead atoms. The van der Waals surface area contributed by atoms with Crippen molar-refractivity contribution in [2.45, 2.75) is 99.3 Å². The zero-order valence-corrected chi connectivity index (χ0v) is 18.9. The standard InChI is InChI=1S/C24H33N5O4/c30-23-7-14-1-15(8-23)4-21(3-14,12-23)27-19-18(29(32)33)11-25-20(26-19)28-22-5-16-2-17(6-22)10-24(31,9-16)13-22/h11,14-17,30-31H,1-10,12-13H2,(H2,25,26,27,28). The van der Waals surface area contributed by atoms with E-state index < -0.39 is 16.1 Å². The van der Waals surface area contributed by atoms with Gasteiger partial charge in [0.2, 0.25) is 11.8 Å². The van der Waals surface area contributed by atoms with Gasteiger partial charge in [0.1, 0.15) is 6.20 Å². The van der Waals surface area contributed by atoms with Gasteiger partial charge in [-0.25, -0.2) is 4.98 Å². The first kappa shape index (κ1) is 20.4. The van der Waals surface area contributed by atoms with Crippen LogP contribution in [0, 0.1) is 33.8 Å². The van der Waals surface area contributed by atoms with Gasteiger partial charge < -0.3 is 20.8 Å². The van der Waals surface area contributed by atoms with Gasteiger partial charge in [-0.15, -0.1) is 0 Å². The van der Waals surface area contributed by atoms with Gasteiger partial charge in [0, 0.05) is 11.1 Å². The predicted octanol–water partition coefficient (Wildman–Crippen LogP) is 3.38. The van der Waals surface area contributed by atoms with E-state index in [2.05, 4.69) is 20.6 Å². The molecule has 8 fully saturated rings. The zero-order chi connectivity index (χ0) is 22.6. The quantitative estimate of drug-likeness (QED) is 0.392. The minimum absolute atomic E-state index is 0.118. The maximum atomic E-state index is 11.8. The summed E-state index contributed by atoms with van der Waals surface area (Å²) in [6, 6.07) is 0. The van der Waals surface area contributed by atoms with Crippen molar-refractivity contribution in [2.75, 3.05) is 10.6 Å². The average molecular weight is 456 g/mol. The second kappa shape index (κ2) is 6.36. The minimum Gasteiger partial charge on any atom is -0.390 e. The van der Waals surface area contributed by atoms with Crippen LogP contribution < -0.4 is 10.6 Å². The first-order valence-electron chi connectivity index (χ1n) is 12.6. The number of aromatic nitrogens is 2. The van der Waals surface area contributed by atoms with Crippen LogP contribution in [0.15, 0.2) is 6.20 Å². The normalized spacial score (nSPS) is 48.8. The summed E-state index contributed by atoms with van der Waals surface area (Å²) in [6.45, 7) is 0. The van der Waals surface area contributed by atoms with Gasteiger partial charge in [0.05, 0.1) is 16.1 Å². The first-order chi connectivity index (χ1) is 15.6. The summed E-state index contributed by atoms with van der Waals surface area (Å²) in [4.78, 5) is 20.4. The highest BCUT2D eigenvalue weighted by atomic mass is 16.6. The van der Waals surface area contributed by atoms with Gasteiger partial charge in [-0.1, -0.05) is 0 Å². The molecule has 178 valence electrons. The van der Waals surface area contributed by atoms with E-state index in [-0.39, 0.29) is 22.6 Å². The summed E-state index contributed by atoms with van der Waals surface area (Å²) in [7, 11) is 0. The Morgan fingerprint density at radius 3 is 1.79 bits per heavy atom. The number of anilines is 2. The van der Waals surface area contributed by atoms with Crippen molar-refractivity contribution in [3.63, 3.8) is 0 Å². The van der Waals surface area contributed by atoms with Crippen LogP contribution >= 0.6 is 0 Å². The van der Waals surface area contributed by atoms with Gasteiger partial charge in [-0.3, -0.25) is 10.1 Å². The Hall–Kier alpha value is -2.00. The fourth-order valence-electron chi connectivity index (χ4n) is 9.87. The summed E-state index contributed by atoms with van der Waals surface area (Å²) in [6.07, 6.45) is 12.3. The van der Waals surface area contributed by atoms with Crippen molar-refractivity contribution in [3.8, 4) is 0 Å². The van der Waals surface area contributed by atoms with E-state index >= 15 is 0 Å². The lowest BCUT2D eigenvalue weighted by molar-refractivity contribution is -0.384. The van der Waals surface area contributed by atoms with Crippen molar-refractivity contribution in [3.05, 3.63) is 16.3 Å². The molecule has 9 rings (SSSR count). The van der Waals surface area contributed by atoms with Gasteiger partial charge in [0.25, 0.3) is 0 Å². The van der Waals surface area contributed by atoms with E-state index in [0.717, 1.165) is 57.8 Å². The van der Waals surface area contributed by atoms with Crippen LogP contribution in [-0.2, 0) is 0 Å². The molecule has 0 amide bonds. The van der Waals surface area contributed by atoms with Crippen LogP contribution in [0.2, 0.25) is 0 Å². The molecule has 9 nitrogen and oxygen atoms in total. The molecular formula is C24H33N5O4. The summed E-state index contributed by atoms with van der Waals surface area (Å²) in [5.74, 6) is 2.63. The van der Waals surface area contributed by atoms with Crippen LogP contribution in [0.3, 0.4) is 0 Å². The van der Waals surface area contributed by atoms with Crippen molar-refractivity contribution < 1.29 is 15.1 Å². The molecule has 0 aliphatic heterocycles. The molecule has 8 aliphatic rings. The lowest BCUT2D eigenvalue weighted by atomic mass is 9.51. The number of rotatable bonds is 5. The van der Waals surface area contributed by atoms with Gasteiger partial charge in [0.15, 0.2) is 0 Å². The third-order valence-corrected chi connectivity index (χ3v) is 9.79. The highest BCUT2D eigenvalue weighted by Gasteiger charge is 2.59. The SMILES string of the molecule is O=[N+]([O-])c1cnc(NC23CC4CC(CC(O)(C4)C2)C3)nc1NC12CC3CC(CC(O)(C3)C1)C2. The molecule has 0 spiro atoms. The molecule has 1 aromatic rings. The summed E-state index contributed by atoms with van der Waals surface area (Å²) < 4.78 is 0. The maximum Gasteiger partial charge on any atom is 0.329 e. The Labute approximate surface area is 192 Å². The first-order valence-corrected chi connectivity index (χ1v) is 12.6. The molecule has 4 atom stereocenters. The van der Waals surface area contributed by atoms with E-state index in [0.29, 0.717) is 42.5 Å². The Kier molecular flexibility index (Phi) is 3.93. The van der Waals surface area contributed by atoms with Crippen LogP contribution in [-0.4, -0.2) is 47.4 Å². The molecule has 4 N–H and O–H groups in total.